The summed E-state index contributed by atoms with van der Waals surface area (Å²) in [5.41, 5.74) is 23.7. The summed E-state index contributed by atoms with van der Waals surface area (Å²) < 4.78 is 92.5. The molecule has 0 aliphatic carbocycles. The van der Waals surface area contributed by atoms with E-state index in [0.29, 0.717) is 13.1 Å². The molecule has 0 unspecified atom stereocenters. The number of nitrogens with zero attached hydrogens (tertiary/aromatic N) is 2. The molecule has 2 heterocycles. The Kier molecular flexibility index (Phi) is 13.7. The van der Waals surface area contributed by atoms with Crippen molar-refractivity contribution in [3.8, 4) is 11.5 Å². The van der Waals surface area contributed by atoms with Gasteiger partial charge in [-0.05, 0) is 52.6 Å². The van der Waals surface area contributed by atoms with Gasteiger partial charge in [0.15, 0.2) is 11.9 Å². The Bertz CT molecular complexity index is 2560. The largest absolute Gasteiger partial charge is 0.489 e. The van der Waals surface area contributed by atoms with Crippen LogP contribution in [0.2, 0.25) is 0 Å². The van der Waals surface area contributed by atoms with Gasteiger partial charge in [0.25, 0.3) is 11.8 Å². The van der Waals surface area contributed by atoms with Crippen molar-refractivity contribution >= 4 is 45.5 Å². The Morgan fingerprint density at radius 3 is 1.65 bits per heavy atom. The van der Waals surface area contributed by atoms with Gasteiger partial charge < -0.3 is 42.4 Å². The fourth-order valence-electron chi connectivity index (χ4n) is 5.83. The molecule has 0 spiro atoms. The average Bonchev–Trinajstić information content (AvgIpc) is 3.87. The number of alkyl halides is 6. The van der Waals surface area contributed by atoms with Crippen LogP contribution in [0.4, 0.5) is 26.3 Å². The van der Waals surface area contributed by atoms with Crippen LogP contribution in [-0.2, 0) is 38.7 Å². The van der Waals surface area contributed by atoms with E-state index >= 15 is 0 Å². The quantitative estimate of drug-likeness (QED) is 0.0476. The number of hydrogen-bond donors (Lipinski definition) is 8. The summed E-state index contributed by atoms with van der Waals surface area (Å²) in [5.74, 6) is -1.55. The molecule has 316 valence electrons. The second kappa shape index (κ2) is 18.7. The van der Waals surface area contributed by atoms with Crippen molar-refractivity contribution in [2.45, 2.75) is 38.7 Å². The molecule has 14 nitrogen and oxygen atoms in total. The Hall–Kier alpha value is -7.06. The molecule has 2 aromatic heterocycles. The van der Waals surface area contributed by atoms with E-state index in [2.05, 4.69) is 30.6 Å². The lowest BCUT2D eigenvalue weighted by Gasteiger charge is -2.12. The first-order valence-corrected chi connectivity index (χ1v) is 17.8. The smallest absolute Gasteiger partial charge is 0.417 e. The zero-order valence-electron chi connectivity index (χ0n) is 32.0. The number of aromatic nitrogens is 2. The Balaban J connectivity index is 0.000000228. The monoisotopic (exact) mass is 838 g/mol. The summed E-state index contributed by atoms with van der Waals surface area (Å²) in [7, 11) is 2.74. The molecule has 0 saturated carbocycles. The number of amides is 2. The maximum Gasteiger partial charge on any atom is 0.417 e. The Morgan fingerprint density at radius 2 is 1.13 bits per heavy atom. The first kappa shape index (κ1) is 44.1. The molecule has 0 aliphatic rings. The van der Waals surface area contributed by atoms with E-state index in [1.54, 1.807) is 12.1 Å². The first-order chi connectivity index (χ1) is 28.4. The number of nitrogens with one attached hydrogen (secondary N) is 4. The highest BCUT2D eigenvalue weighted by molar-refractivity contribution is 6.08. The molecule has 0 radical (unpaired) electrons. The number of carbonyl (C=O) groups excluding carboxylic acids is 2. The Morgan fingerprint density at radius 1 is 0.633 bits per heavy atom. The molecule has 6 rings (SSSR count). The molecule has 6 aromatic rings. The maximum atomic E-state index is 13.6. The van der Waals surface area contributed by atoms with Crippen molar-refractivity contribution in [1.82, 2.24) is 20.6 Å². The summed E-state index contributed by atoms with van der Waals surface area (Å²) >= 11 is 0. The number of rotatable bonds is 10. The van der Waals surface area contributed by atoms with E-state index in [1.165, 1.54) is 26.2 Å². The highest BCUT2D eigenvalue weighted by atomic mass is 19.4. The van der Waals surface area contributed by atoms with Crippen molar-refractivity contribution in [2.24, 2.45) is 32.9 Å². The molecular weight excluding hydrogens is 798 g/mol. The number of guanidine groups is 2. The molecule has 0 saturated heterocycles. The van der Waals surface area contributed by atoms with Crippen molar-refractivity contribution in [2.75, 3.05) is 14.1 Å². The number of aliphatic imine (C=N–C) groups is 2. The SMILES string of the molecule is CN=C(N)NC(=O)c1cc2c(C(F)(F)F)cc(OCc3cccc(CN)c3)cc2[nH]1.CN=C(N)NC(=O)c1cc2c(C(F)(F)F)ccc(OCc3cccc(CN)c3)c2[nH]1. The fraction of sp³-hybridized carbons (Fsp3) is 0.200. The van der Waals surface area contributed by atoms with Gasteiger partial charge in [0, 0.05) is 44.0 Å². The van der Waals surface area contributed by atoms with Crippen LogP contribution >= 0.6 is 0 Å². The molecule has 0 aliphatic heterocycles. The second-order valence-electron chi connectivity index (χ2n) is 12.9. The number of hydrogen-bond acceptors (Lipinski definition) is 8. The highest BCUT2D eigenvalue weighted by Gasteiger charge is 2.35. The molecule has 12 N–H and O–H groups in total. The van der Waals surface area contributed by atoms with Gasteiger partial charge in [-0.1, -0.05) is 48.5 Å². The van der Waals surface area contributed by atoms with Gasteiger partial charge in [0.2, 0.25) is 0 Å². The van der Waals surface area contributed by atoms with Crippen LogP contribution in [0.5, 0.6) is 11.5 Å². The van der Waals surface area contributed by atoms with Crippen molar-refractivity contribution in [3.05, 3.63) is 130 Å². The summed E-state index contributed by atoms with van der Waals surface area (Å²) in [6.07, 6.45) is -9.25. The average molecular weight is 839 g/mol. The fourth-order valence-corrected chi connectivity index (χ4v) is 5.83. The number of H-pyrrole nitrogens is 2. The van der Waals surface area contributed by atoms with Gasteiger partial charge in [-0.3, -0.25) is 30.2 Å². The van der Waals surface area contributed by atoms with Crippen LogP contribution in [0.3, 0.4) is 0 Å². The summed E-state index contributed by atoms with van der Waals surface area (Å²) in [6, 6.07) is 21.3. The van der Waals surface area contributed by atoms with Gasteiger partial charge in [-0.15, -0.1) is 0 Å². The lowest BCUT2D eigenvalue weighted by molar-refractivity contribution is -0.137. The van der Waals surface area contributed by atoms with E-state index in [9.17, 15) is 35.9 Å². The number of carbonyl (C=O) groups is 2. The molecular formula is C40H40F6N10O4. The van der Waals surface area contributed by atoms with E-state index in [0.717, 1.165) is 46.5 Å². The predicted molar refractivity (Wildman–Crippen MR) is 214 cm³/mol. The van der Waals surface area contributed by atoms with Crippen LogP contribution in [0.25, 0.3) is 21.8 Å². The topological polar surface area (TPSA) is 237 Å². The van der Waals surface area contributed by atoms with E-state index < -0.39 is 35.3 Å². The van der Waals surface area contributed by atoms with Crippen LogP contribution < -0.4 is 43.0 Å². The van der Waals surface area contributed by atoms with Crippen molar-refractivity contribution in [1.29, 1.82) is 0 Å². The van der Waals surface area contributed by atoms with Gasteiger partial charge in [-0.2, -0.15) is 26.3 Å². The van der Waals surface area contributed by atoms with Gasteiger partial charge in [-0.25, -0.2) is 0 Å². The molecule has 4 aromatic carbocycles. The zero-order chi connectivity index (χ0) is 43.8. The molecule has 60 heavy (non-hydrogen) atoms. The minimum Gasteiger partial charge on any atom is -0.489 e. The molecule has 0 bridgehead atoms. The maximum absolute atomic E-state index is 13.6. The number of nitrogens with two attached hydrogens (primary N) is 4. The third kappa shape index (κ3) is 10.9. The molecule has 0 atom stereocenters. The number of aromatic amines is 2. The second-order valence-corrected chi connectivity index (χ2v) is 12.9. The number of ether oxygens (including phenoxy) is 2. The summed E-state index contributed by atoms with van der Waals surface area (Å²) in [6.45, 7) is 0.884. The standard InChI is InChI=1S/2C20H20F3N5O2/c1-26-19(25)28-18(29)17-8-14-15(20(21,22)23)6-13(7-16(14)27-17)30-10-12-4-2-3-11(5-12)9-24;1-26-19(25)28-18(29)15-8-13-14(20(21,22)23)5-6-16(17(13)27-15)30-10-12-4-2-3-11(7-12)9-24/h2*2-8,27H,9-10,24H2,1H3,(H3,25,26,28,29). The van der Waals surface area contributed by atoms with E-state index in [-0.39, 0.29) is 69.8 Å². The van der Waals surface area contributed by atoms with Crippen molar-refractivity contribution in [3.63, 3.8) is 0 Å². The van der Waals surface area contributed by atoms with Crippen LogP contribution in [0.1, 0.15) is 54.4 Å². The lowest BCUT2D eigenvalue weighted by Crippen LogP contribution is -2.36. The van der Waals surface area contributed by atoms with Crippen LogP contribution in [-0.4, -0.2) is 47.8 Å². The number of benzene rings is 4. The summed E-state index contributed by atoms with van der Waals surface area (Å²) in [5, 5.41) is 4.21. The minimum absolute atomic E-state index is 0.0106. The molecule has 20 heteroatoms. The number of halogens is 6. The number of fused-ring (bicyclic) bond motifs is 2. The van der Waals surface area contributed by atoms with E-state index in [4.69, 9.17) is 32.4 Å². The first-order valence-electron chi connectivity index (χ1n) is 17.8. The van der Waals surface area contributed by atoms with Gasteiger partial charge >= 0.3 is 12.4 Å². The Labute approximate surface area is 338 Å². The van der Waals surface area contributed by atoms with Crippen molar-refractivity contribution < 1.29 is 45.4 Å². The predicted octanol–water partition coefficient (Wildman–Crippen LogP) is 5.80. The molecule has 0 fully saturated rings. The normalized spacial score (nSPS) is 12.2. The molecule has 2 amide bonds. The van der Waals surface area contributed by atoms with Gasteiger partial charge in [0.05, 0.1) is 22.2 Å². The van der Waals surface area contributed by atoms with Gasteiger partial charge in [0.1, 0.15) is 36.1 Å². The summed E-state index contributed by atoms with van der Waals surface area (Å²) in [4.78, 5) is 37.0. The minimum atomic E-state index is -4.64. The van der Waals surface area contributed by atoms with E-state index in [1.807, 2.05) is 36.4 Å². The highest BCUT2D eigenvalue weighted by Crippen LogP contribution is 2.40. The zero-order valence-corrected chi connectivity index (χ0v) is 32.0. The third-order valence-electron chi connectivity index (χ3n) is 8.79. The van der Waals surface area contributed by atoms with Crippen LogP contribution in [0.15, 0.2) is 94.9 Å². The third-order valence-corrected chi connectivity index (χ3v) is 8.79. The lowest BCUT2D eigenvalue weighted by atomic mass is 10.1. The van der Waals surface area contributed by atoms with Crippen LogP contribution in [0, 0.1) is 0 Å².